The number of carbonyl (C=O) groups excluding carboxylic acids is 1. The molecule has 1 aromatic rings. The van der Waals surface area contributed by atoms with Crippen LogP contribution in [0.3, 0.4) is 0 Å². The molecule has 88 valence electrons. The van der Waals surface area contributed by atoms with Crippen LogP contribution in [0, 0.1) is 5.92 Å². The quantitative estimate of drug-likeness (QED) is 0.827. The number of nitrogens with one attached hydrogen (secondary N) is 1. The second-order valence-corrected chi connectivity index (χ2v) is 3.83. The predicted molar refractivity (Wildman–Crippen MR) is 61.3 cm³/mol. The van der Waals surface area contributed by atoms with Gasteiger partial charge in [-0.05, 0) is 12.8 Å². The number of aromatic nitrogens is 2. The third-order valence-corrected chi connectivity index (χ3v) is 1.78. The maximum Gasteiger partial charge on any atom is 0.316 e. The molecule has 0 radical (unpaired) electrons. The Bertz CT molecular complexity index is 336. The minimum atomic E-state index is -0.0252. The van der Waals surface area contributed by atoms with Gasteiger partial charge in [0, 0.05) is 6.42 Å². The van der Waals surface area contributed by atoms with E-state index in [9.17, 15) is 4.79 Å². The number of amides is 1. The lowest BCUT2D eigenvalue weighted by molar-refractivity contribution is -0.116. The lowest BCUT2D eigenvalue weighted by atomic mass is 10.1. The van der Waals surface area contributed by atoms with Crippen LogP contribution in [-0.4, -0.2) is 22.5 Å². The molecule has 0 aliphatic carbocycles. The average Bonchev–Trinajstić information content (AvgIpc) is 2.20. The van der Waals surface area contributed by atoms with E-state index in [0.29, 0.717) is 30.6 Å². The average molecular weight is 223 g/mol. The van der Waals surface area contributed by atoms with Gasteiger partial charge in [-0.3, -0.25) is 4.79 Å². The third kappa shape index (κ3) is 4.25. The first kappa shape index (κ1) is 12.4. The lowest BCUT2D eigenvalue weighted by Gasteiger charge is -2.06. The van der Waals surface area contributed by atoms with Crippen LogP contribution < -0.4 is 10.1 Å². The van der Waals surface area contributed by atoms with E-state index in [0.717, 1.165) is 0 Å². The molecular weight excluding hydrogens is 206 g/mol. The summed E-state index contributed by atoms with van der Waals surface area (Å²) in [6.07, 6.45) is 3.57. The van der Waals surface area contributed by atoms with E-state index in [2.05, 4.69) is 15.3 Å². The highest BCUT2D eigenvalue weighted by Gasteiger charge is 2.05. The fraction of sp³-hybridized carbons (Fsp3) is 0.545. The van der Waals surface area contributed by atoms with Crippen molar-refractivity contribution in [2.24, 2.45) is 5.92 Å². The Hall–Kier alpha value is -1.65. The van der Waals surface area contributed by atoms with Crippen molar-refractivity contribution < 1.29 is 9.53 Å². The van der Waals surface area contributed by atoms with Crippen LogP contribution in [-0.2, 0) is 4.79 Å². The summed E-state index contributed by atoms with van der Waals surface area (Å²) < 4.78 is 5.10. The van der Waals surface area contributed by atoms with Crippen molar-refractivity contribution in [3.05, 3.63) is 12.4 Å². The van der Waals surface area contributed by atoms with Gasteiger partial charge in [-0.15, -0.1) is 0 Å². The lowest BCUT2D eigenvalue weighted by Crippen LogP contribution is -2.14. The molecule has 1 heterocycles. The van der Waals surface area contributed by atoms with Gasteiger partial charge in [-0.25, -0.2) is 9.97 Å². The summed E-state index contributed by atoms with van der Waals surface area (Å²) in [5.41, 5.74) is 0.592. The molecule has 1 aromatic heterocycles. The van der Waals surface area contributed by atoms with Crippen LogP contribution in [0.15, 0.2) is 12.4 Å². The van der Waals surface area contributed by atoms with Gasteiger partial charge in [-0.2, -0.15) is 0 Å². The van der Waals surface area contributed by atoms with E-state index < -0.39 is 0 Å². The molecule has 0 atom stereocenters. The Kier molecular flexibility index (Phi) is 4.69. The number of ether oxygens (including phenoxy) is 1. The number of hydrogen-bond acceptors (Lipinski definition) is 4. The van der Waals surface area contributed by atoms with Crippen LogP contribution in [0.1, 0.15) is 27.2 Å². The van der Waals surface area contributed by atoms with Crippen molar-refractivity contribution in [3.8, 4) is 6.01 Å². The zero-order chi connectivity index (χ0) is 12.0. The Labute approximate surface area is 95.3 Å². The Balaban J connectivity index is 2.51. The van der Waals surface area contributed by atoms with Crippen LogP contribution in [0.4, 0.5) is 5.69 Å². The van der Waals surface area contributed by atoms with Crippen molar-refractivity contribution in [2.45, 2.75) is 27.2 Å². The molecule has 0 bridgehead atoms. The zero-order valence-electron chi connectivity index (χ0n) is 9.86. The molecule has 0 saturated carbocycles. The van der Waals surface area contributed by atoms with Gasteiger partial charge in [0.2, 0.25) is 5.91 Å². The first-order chi connectivity index (χ1) is 7.61. The summed E-state index contributed by atoms with van der Waals surface area (Å²) >= 11 is 0. The van der Waals surface area contributed by atoms with Gasteiger partial charge in [0.05, 0.1) is 24.7 Å². The summed E-state index contributed by atoms with van der Waals surface area (Å²) in [5, 5.41) is 2.72. The van der Waals surface area contributed by atoms with Crippen molar-refractivity contribution >= 4 is 11.6 Å². The van der Waals surface area contributed by atoms with Crippen LogP contribution in [0.25, 0.3) is 0 Å². The molecule has 1 amide bonds. The first-order valence-corrected chi connectivity index (χ1v) is 5.36. The number of nitrogens with zero attached hydrogens (tertiary/aromatic N) is 2. The fourth-order valence-corrected chi connectivity index (χ4v) is 1.17. The fourth-order valence-electron chi connectivity index (χ4n) is 1.17. The van der Waals surface area contributed by atoms with E-state index in [-0.39, 0.29) is 5.91 Å². The molecule has 16 heavy (non-hydrogen) atoms. The minimum absolute atomic E-state index is 0.0252. The molecular formula is C11H17N3O2. The summed E-state index contributed by atoms with van der Waals surface area (Å²) in [7, 11) is 0. The Morgan fingerprint density at radius 3 is 2.56 bits per heavy atom. The Morgan fingerprint density at radius 2 is 2.06 bits per heavy atom. The number of hydrogen-bond donors (Lipinski definition) is 1. The summed E-state index contributed by atoms with van der Waals surface area (Å²) in [6.45, 7) is 6.38. The molecule has 5 nitrogen and oxygen atoms in total. The molecule has 1 rings (SSSR count). The summed E-state index contributed by atoms with van der Waals surface area (Å²) in [4.78, 5) is 19.3. The largest absolute Gasteiger partial charge is 0.464 e. The van der Waals surface area contributed by atoms with Gasteiger partial charge in [0.25, 0.3) is 0 Å². The van der Waals surface area contributed by atoms with E-state index in [1.165, 1.54) is 12.4 Å². The van der Waals surface area contributed by atoms with Gasteiger partial charge >= 0.3 is 6.01 Å². The number of rotatable bonds is 5. The maximum absolute atomic E-state index is 11.4. The van der Waals surface area contributed by atoms with Crippen LogP contribution in [0.5, 0.6) is 6.01 Å². The topological polar surface area (TPSA) is 64.1 Å². The smallest absolute Gasteiger partial charge is 0.316 e. The summed E-state index contributed by atoms with van der Waals surface area (Å²) in [5.74, 6) is 0.311. The number of anilines is 1. The zero-order valence-corrected chi connectivity index (χ0v) is 9.86. The van der Waals surface area contributed by atoms with Crippen molar-refractivity contribution in [3.63, 3.8) is 0 Å². The molecule has 0 aromatic carbocycles. The normalized spacial score (nSPS) is 10.2. The highest BCUT2D eigenvalue weighted by molar-refractivity contribution is 5.90. The molecule has 0 aliphatic heterocycles. The second kappa shape index (κ2) is 6.05. The standard InChI is InChI=1S/C11H17N3O2/c1-4-16-11-12-6-9(7-13-11)14-10(15)5-8(2)3/h6-8H,4-5H2,1-3H3,(H,14,15). The second-order valence-electron chi connectivity index (χ2n) is 3.83. The molecule has 0 aliphatic rings. The van der Waals surface area contributed by atoms with E-state index >= 15 is 0 Å². The molecule has 1 N–H and O–H groups in total. The predicted octanol–water partition coefficient (Wildman–Crippen LogP) is 1.86. The highest BCUT2D eigenvalue weighted by Crippen LogP contribution is 2.09. The van der Waals surface area contributed by atoms with E-state index in [1.807, 2.05) is 20.8 Å². The highest BCUT2D eigenvalue weighted by atomic mass is 16.5. The molecule has 5 heteroatoms. The van der Waals surface area contributed by atoms with Gasteiger partial charge in [-0.1, -0.05) is 13.8 Å². The Morgan fingerprint density at radius 1 is 1.44 bits per heavy atom. The SMILES string of the molecule is CCOc1ncc(NC(=O)CC(C)C)cn1. The third-order valence-electron chi connectivity index (χ3n) is 1.78. The molecule has 0 fully saturated rings. The van der Waals surface area contributed by atoms with E-state index in [1.54, 1.807) is 0 Å². The van der Waals surface area contributed by atoms with Gasteiger partial charge in [0.15, 0.2) is 0 Å². The minimum Gasteiger partial charge on any atom is -0.464 e. The van der Waals surface area contributed by atoms with Gasteiger partial charge < -0.3 is 10.1 Å². The maximum atomic E-state index is 11.4. The molecule has 0 saturated heterocycles. The first-order valence-electron chi connectivity index (χ1n) is 5.36. The van der Waals surface area contributed by atoms with Gasteiger partial charge in [0.1, 0.15) is 0 Å². The number of carbonyl (C=O) groups is 1. The molecule has 0 spiro atoms. The van der Waals surface area contributed by atoms with Crippen molar-refractivity contribution in [2.75, 3.05) is 11.9 Å². The van der Waals surface area contributed by atoms with E-state index in [4.69, 9.17) is 4.74 Å². The van der Waals surface area contributed by atoms with Crippen LogP contribution >= 0.6 is 0 Å². The van der Waals surface area contributed by atoms with Crippen molar-refractivity contribution in [1.29, 1.82) is 0 Å². The van der Waals surface area contributed by atoms with Crippen LogP contribution in [0.2, 0.25) is 0 Å². The van der Waals surface area contributed by atoms with Crippen molar-refractivity contribution in [1.82, 2.24) is 9.97 Å². The summed E-state index contributed by atoms with van der Waals surface area (Å²) in [6, 6.07) is 0.323. The molecule has 0 unspecified atom stereocenters. The monoisotopic (exact) mass is 223 g/mol.